The zero-order valence-corrected chi connectivity index (χ0v) is 11.2. The molecule has 1 saturated heterocycles. The van der Waals surface area contributed by atoms with Crippen LogP contribution >= 0.6 is 0 Å². The highest BCUT2D eigenvalue weighted by molar-refractivity contribution is 7.91. The predicted molar refractivity (Wildman–Crippen MR) is 69.2 cm³/mol. The number of aromatic nitrogens is 2. The van der Waals surface area contributed by atoms with Gasteiger partial charge in [-0.05, 0) is 18.6 Å². The van der Waals surface area contributed by atoms with E-state index in [1.807, 2.05) is 0 Å². The molecule has 7 nitrogen and oxygen atoms in total. The van der Waals surface area contributed by atoms with Crippen LogP contribution in [-0.4, -0.2) is 40.8 Å². The van der Waals surface area contributed by atoms with Crippen molar-refractivity contribution in [3.63, 3.8) is 0 Å². The standard InChI is InChI=1S/C12H12N2O5S/c15-12(16)9-6-14(8-3-5-20(17,18)7-8)13-11(9)10-2-1-4-19-10/h1-2,4,6,8H,3,5,7H2,(H,15,16). The molecule has 8 heteroatoms. The van der Waals surface area contributed by atoms with Crippen LogP contribution in [0.4, 0.5) is 0 Å². The number of hydrogen-bond acceptors (Lipinski definition) is 5. The SMILES string of the molecule is O=C(O)c1cn(C2CCS(=O)(=O)C2)nc1-c1ccco1. The third-order valence-electron chi connectivity index (χ3n) is 3.30. The van der Waals surface area contributed by atoms with Gasteiger partial charge in [0.25, 0.3) is 0 Å². The van der Waals surface area contributed by atoms with Crippen molar-refractivity contribution >= 4 is 15.8 Å². The molecule has 1 unspecified atom stereocenters. The Morgan fingerprint density at radius 3 is 2.85 bits per heavy atom. The summed E-state index contributed by atoms with van der Waals surface area (Å²) >= 11 is 0. The van der Waals surface area contributed by atoms with Gasteiger partial charge in [0, 0.05) is 6.20 Å². The molecule has 1 N–H and O–H groups in total. The van der Waals surface area contributed by atoms with Gasteiger partial charge in [-0.2, -0.15) is 5.10 Å². The molecule has 0 bridgehead atoms. The lowest BCUT2D eigenvalue weighted by atomic mass is 10.2. The first-order chi connectivity index (χ1) is 9.46. The fraction of sp³-hybridized carbons (Fsp3) is 0.333. The third kappa shape index (κ3) is 2.22. The molecule has 0 radical (unpaired) electrons. The van der Waals surface area contributed by atoms with Gasteiger partial charge in [-0.15, -0.1) is 0 Å². The molecular weight excluding hydrogens is 284 g/mol. The molecule has 0 aromatic carbocycles. The summed E-state index contributed by atoms with van der Waals surface area (Å²) < 4.78 is 29.6. The van der Waals surface area contributed by atoms with E-state index in [0.717, 1.165) is 0 Å². The van der Waals surface area contributed by atoms with Crippen LogP contribution in [0.15, 0.2) is 29.0 Å². The molecule has 1 aliphatic rings. The van der Waals surface area contributed by atoms with Crippen molar-refractivity contribution in [2.75, 3.05) is 11.5 Å². The van der Waals surface area contributed by atoms with Crippen molar-refractivity contribution in [3.05, 3.63) is 30.2 Å². The average molecular weight is 296 g/mol. The molecule has 2 aromatic heterocycles. The summed E-state index contributed by atoms with van der Waals surface area (Å²) in [5, 5.41) is 13.4. The second-order valence-corrected chi connectivity index (χ2v) is 6.94. The number of hydrogen-bond donors (Lipinski definition) is 1. The molecule has 20 heavy (non-hydrogen) atoms. The van der Waals surface area contributed by atoms with E-state index in [4.69, 9.17) is 4.42 Å². The fourth-order valence-electron chi connectivity index (χ4n) is 2.31. The van der Waals surface area contributed by atoms with E-state index in [9.17, 15) is 18.3 Å². The Morgan fingerprint density at radius 1 is 1.50 bits per heavy atom. The van der Waals surface area contributed by atoms with Gasteiger partial charge in [0.2, 0.25) is 0 Å². The van der Waals surface area contributed by atoms with Gasteiger partial charge in [-0.3, -0.25) is 4.68 Å². The van der Waals surface area contributed by atoms with Gasteiger partial charge < -0.3 is 9.52 Å². The molecule has 0 spiro atoms. The van der Waals surface area contributed by atoms with E-state index >= 15 is 0 Å². The predicted octanol–water partition coefficient (Wildman–Crippen LogP) is 1.20. The molecular formula is C12H12N2O5S. The summed E-state index contributed by atoms with van der Waals surface area (Å²) in [5.74, 6) is -0.674. The zero-order chi connectivity index (χ0) is 14.3. The molecule has 1 atom stereocenters. The highest BCUT2D eigenvalue weighted by Crippen LogP contribution is 2.28. The molecule has 0 saturated carbocycles. The number of carbonyl (C=O) groups is 1. The van der Waals surface area contributed by atoms with Crippen molar-refractivity contribution in [1.29, 1.82) is 0 Å². The van der Waals surface area contributed by atoms with E-state index in [1.165, 1.54) is 17.1 Å². The van der Waals surface area contributed by atoms with Gasteiger partial charge in [-0.25, -0.2) is 13.2 Å². The fourth-order valence-corrected chi connectivity index (χ4v) is 4.02. The summed E-state index contributed by atoms with van der Waals surface area (Å²) in [6, 6.07) is 2.94. The first kappa shape index (κ1) is 12.9. The van der Waals surface area contributed by atoms with Crippen LogP contribution in [-0.2, 0) is 9.84 Å². The lowest BCUT2D eigenvalue weighted by Crippen LogP contribution is -2.11. The van der Waals surface area contributed by atoms with E-state index < -0.39 is 15.8 Å². The zero-order valence-electron chi connectivity index (χ0n) is 10.4. The lowest BCUT2D eigenvalue weighted by Gasteiger charge is -2.07. The van der Waals surface area contributed by atoms with Crippen molar-refractivity contribution in [2.45, 2.75) is 12.5 Å². The van der Waals surface area contributed by atoms with E-state index in [-0.39, 0.29) is 28.8 Å². The number of nitrogens with zero attached hydrogens (tertiary/aromatic N) is 2. The number of carboxylic acid groups (broad SMARTS) is 1. The number of sulfone groups is 1. The number of aromatic carboxylic acids is 1. The third-order valence-corrected chi connectivity index (χ3v) is 5.05. The van der Waals surface area contributed by atoms with Gasteiger partial charge in [0.15, 0.2) is 15.6 Å². The summed E-state index contributed by atoms with van der Waals surface area (Å²) in [4.78, 5) is 11.3. The van der Waals surface area contributed by atoms with E-state index in [1.54, 1.807) is 12.1 Å². The van der Waals surface area contributed by atoms with Crippen molar-refractivity contribution in [3.8, 4) is 11.5 Å². The molecule has 2 aromatic rings. The largest absolute Gasteiger partial charge is 0.478 e. The molecule has 3 rings (SSSR count). The Kier molecular flexibility index (Phi) is 2.89. The number of carboxylic acids is 1. The molecule has 0 amide bonds. The molecule has 106 valence electrons. The van der Waals surface area contributed by atoms with Crippen LogP contribution in [0.2, 0.25) is 0 Å². The Hall–Kier alpha value is -2.09. The maximum atomic E-state index is 11.5. The van der Waals surface area contributed by atoms with E-state index in [0.29, 0.717) is 12.2 Å². The highest BCUT2D eigenvalue weighted by atomic mass is 32.2. The van der Waals surface area contributed by atoms with Gasteiger partial charge >= 0.3 is 5.97 Å². The summed E-state index contributed by atoms with van der Waals surface area (Å²) in [6.07, 6.45) is 3.24. The Bertz CT molecular complexity index is 745. The molecule has 1 aliphatic heterocycles. The summed E-state index contributed by atoms with van der Waals surface area (Å²) in [7, 11) is -3.05. The molecule has 0 aliphatic carbocycles. The van der Waals surface area contributed by atoms with Crippen molar-refractivity contribution in [2.24, 2.45) is 0 Å². The second kappa shape index (κ2) is 4.48. The average Bonchev–Trinajstić information content (AvgIpc) is 3.04. The Labute approximate surface area is 114 Å². The lowest BCUT2D eigenvalue weighted by molar-refractivity contribution is 0.0697. The van der Waals surface area contributed by atoms with Crippen LogP contribution < -0.4 is 0 Å². The van der Waals surface area contributed by atoms with Crippen LogP contribution in [0.3, 0.4) is 0 Å². The monoisotopic (exact) mass is 296 g/mol. The first-order valence-electron chi connectivity index (χ1n) is 6.03. The summed E-state index contributed by atoms with van der Waals surface area (Å²) in [5.41, 5.74) is 0.219. The minimum atomic E-state index is -3.05. The van der Waals surface area contributed by atoms with E-state index in [2.05, 4.69) is 5.10 Å². The first-order valence-corrected chi connectivity index (χ1v) is 7.85. The number of rotatable bonds is 3. The van der Waals surface area contributed by atoms with Crippen LogP contribution in [0.25, 0.3) is 11.5 Å². The maximum absolute atomic E-state index is 11.5. The van der Waals surface area contributed by atoms with Gasteiger partial charge in [0.05, 0.1) is 23.8 Å². The Morgan fingerprint density at radius 2 is 2.30 bits per heavy atom. The van der Waals surface area contributed by atoms with Gasteiger partial charge in [-0.1, -0.05) is 0 Å². The topological polar surface area (TPSA) is 102 Å². The minimum absolute atomic E-state index is 0.00393. The van der Waals surface area contributed by atoms with Crippen molar-refractivity contribution in [1.82, 2.24) is 9.78 Å². The van der Waals surface area contributed by atoms with Crippen LogP contribution in [0, 0.1) is 0 Å². The van der Waals surface area contributed by atoms with Crippen LogP contribution in [0.1, 0.15) is 22.8 Å². The Balaban J connectivity index is 2.02. The second-order valence-electron chi connectivity index (χ2n) is 4.71. The maximum Gasteiger partial charge on any atom is 0.339 e. The van der Waals surface area contributed by atoms with Gasteiger partial charge in [0.1, 0.15) is 11.3 Å². The minimum Gasteiger partial charge on any atom is -0.478 e. The summed E-state index contributed by atoms with van der Waals surface area (Å²) in [6.45, 7) is 0. The molecule has 1 fully saturated rings. The quantitative estimate of drug-likeness (QED) is 0.913. The normalized spacial score (nSPS) is 21.1. The highest BCUT2D eigenvalue weighted by Gasteiger charge is 2.31. The number of furan rings is 1. The van der Waals surface area contributed by atoms with Crippen LogP contribution in [0.5, 0.6) is 0 Å². The van der Waals surface area contributed by atoms with Crippen molar-refractivity contribution < 1.29 is 22.7 Å². The smallest absolute Gasteiger partial charge is 0.339 e. The molecule has 3 heterocycles.